The third-order valence-electron chi connectivity index (χ3n) is 4.54. The van der Waals surface area contributed by atoms with E-state index in [1.165, 1.54) is 11.0 Å². The molecular weight excluding hydrogens is 413 g/mol. The molecule has 144 valence electrons. The molecule has 1 unspecified atom stereocenters. The van der Waals surface area contributed by atoms with Crippen molar-refractivity contribution in [3.8, 4) is 0 Å². The van der Waals surface area contributed by atoms with Crippen molar-refractivity contribution in [3.63, 3.8) is 0 Å². The van der Waals surface area contributed by atoms with Gasteiger partial charge < -0.3 is 4.90 Å². The minimum atomic E-state index is -0.801. The molecular formula is C17H12Cl2F2N6O. The van der Waals surface area contributed by atoms with Crippen molar-refractivity contribution >= 4 is 29.1 Å². The SMILES string of the molecule is Cn1nnc2c1CCN(C(=O)c1ccc(F)c(Cl)c1Cl)C2c1ncc(F)cn1. The molecule has 0 saturated heterocycles. The summed E-state index contributed by atoms with van der Waals surface area (Å²) in [5, 5.41) is 7.63. The van der Waals surface area contributed by atoms with Crippen molar-refractivity contribution in [2.75, 3.05) is 6.54 Å². The number of amides is 1. The number of benzene rings is 1. The lowest BCUT2D eigenvalue weighted by atomic mass is 10.00. The number of halogens is 4. The minimum absolute atomic E-state index is 0.0347. The van der Waals surface area contributed by atoms with Crippen LogP contribution in [0.5, 0.6) is 0 Å². The highest BCUT2D eigenvalue weighted by Gasteiger charge is 2.38. The minimum Gasteiger partial charge on any atom is -0.322 e. The molecule has 7 nitrogen and oxygen atoms in total. The van der Waals surface area contributed by atoms with Gasteiger partial charge in [-0.3, -0.25) is 9.48 Å². The van der Waals surface area contributed by atoms with Gasteiger partial charge in [-0.1, -0.05) is 28.4 Å². The van der Waals surface area contributed by atoms with E-state index in [9.17, 15) is 13.6 Å². The van der Waals surface area contributed by atoms with Crippen LogP contribution >= 0.6 is 23.2 Å². The maximum absolute atomic E-state index is 13.6. The molecule has 4 rings (SSSR count). The average Bonchev–Trinajstić information content (AvgIpc) is 3.07. The Morgan fingerprint density at radius 3 is 2.61 bits per heavy atom. The summed E-state index contributed by atoms with van der Waals surface area (Å²) in [6.45, 7) is 0.282. The Labute approximate surface area is 167 Å². The fourth-order valence-corrected chi connectivity index (χ4v) is 3.59. The lowest BCUT2D eigenvalue weighted by molar-refractivity contribution is 0.0682. The Morgan fingerprint density at radius 2 is 1.89 bits per heavy atom. The molecule has 2 aromatic heterocycles. The van der Waals surface area contributed by atoms with Crippen LogP contribution in [0.3, 0.4) is 0 Å². The predicted octanol–water partition coefficient (Wildman–Crippen LogP) is 2.98. The van der Waals surface area contributed by atoms with Crippen molar-refractivity contribution in [2.24, 2.45) is 7.05 Å². The van der Waals surface area contributed by atoms with Crippen molar-refractivity contribution in [1.82, 2.24) is 29.9 Å². The summed E-state index contributed by atoms with van der Waals surface area (Å²) in [4.78, 5) is 22.7. The molecule has 0 fully saturated rings. The fraction of sp³-hybridized carbons (Fsp3) is 0.235. The van der Waals surface area contributed by atoms with E-state index in [1.54, 1.807) is 11.7 Å². The van der Waals surface area contributed by atoms with E-state index in [1.807, 2.05) is 0 Å². The highest BCUT2D eigenvalue weighted by atomic mass is 35.5. The van der Waals surface area contributed by atoms with Gasteiger partial charge in [0.2, 0.25) is 0 Å². The maximum Gasteiger partial charge on any atom is 0.256 e. The molecule has 0 bridgehead atoms. The van der Waals surface area contributed by atoms with Gasteiger partial charge in [0.1, 0.15) is 17.6 Å². The molecule has 0 spiro atoms. The number of carbonyl (C=O) groups is 1. The van der Waals surface area contributed by atoms with Crippen molar-refractivity contribution in [2.45, 2.75) is 12.5 Å². The second-order valence-electron chi connectivity index (χ2n) is 6.18. The second kappa shape index (κ2) is 7.06. The first kappa shape index (κ1) is 18.7. The first-order valence-corrected chi connectivity index (χ1v) is 8.94. The summed E-state index contributed by atoms with van der Waals surface area (Å²) in [6.07, 6.45) is 2.50. The number of nitrogens with zero attached hydrogens (tertiary/aromatic N) is 6. The molecule has 1 atom stereocenters. The number of aryl methyl sites for hydroxylation is 1. The molecule has 1 amide bonds. The first-order chi connectivity index (χ1) is 13.4. The van der Waals surface area contributed by atoms with E-state index in [2.05, 4.69) is 20.3 Å². The Morgan fingerprint density at radius 1 is 1.18 bits per heavy atom. The van der Waals surface area contributed by atoms with Gasteiger partial charge in [-0.25, -0.2) is 18.7 Å². The van der Waals surface area contributed by atoms with Crippen LogP contribution in [0.25, 0.3) is 0 Å². The maximum atomic E-state index is 13.6. The summed E-state index contributed by atoms with van der Waals surface area (Å²) in [5.41, 5.74) is 1.33. The van der Waals surface area contributed by atoms with Crippen LogP contribution in [0, 0.1) is 11.6 Å². The number of fused-ring (bicyclic) bond motifs is 1. The molecule has 1 aliphatic rings. The van der Waals surface area contributed by atoms with Crippen LogP contribution in [-0.4, -0.2) is 42.3 Å². The van der Waals surface area contributed by atoms with Gasteiger partial charge >= 0.3 is 0 Å². The third kappa shape index (κ3) is 3.00. The average molecular weight is 425 g/mol. The Hall–Kier alpha value is -2.65. The zero-order valence-electron chi connectivity index (χ0n) is 14.4. The molecule has 3 aromatic rings. The van der Waals surface area contributed by atoms with Crippen LogP contribution < -0.4 is 0 Å². The van der Waals surface area contributed by atoms with E-state index in [4.69, 9.17) is 23.2 Å². The van der Waals surface area contributed by atoms with Gasteiger partial charge in [-0.15, -0.1) is 5.10 Å². The zero-order valence-corrected chi connectivity index (χ0v) is 15.9. The summed E-state index contributed by atoms with van der Waals surface area (Å²) < 4.78 is 28.5. The molecule has 3 heterocycles. The summed E-state index contributed by atoms with van der Waals surface area (Å²) in [7, 11) is 1.74. The van der Waals surface area contributed by atoms with E-state index >= 15 is 0 Å². The molecule has 1 aliphatic heterocycles. The van der Waals surface area contributed by atoms with Crippen LogP contribution in [0.1, 0.15) is 33.6 Å². The van der Waals surface area contributed by atoms with Crippen molar-refractivity contribution in [1.29, 1.82) is 0 Å². The normalized spacial score (nSPS) is 16.2. The Kier molecular flexibility index (Phi) is 4.72. The molecule has 0 radical (unpaired) electrons. The van der Waals surface area contributed by atoms with Crippen molar-refractivity contribution < 1.29 is 13.6 Å². The van der Waals surface area contributed by atoms with Crippen LogP contribution in [0.15, 0.2) is 24.5 Å². The van der Waals surface area contributed by atoms with Gasteiger partial charge in [0.05, 0.1) is 33.7 Å². The van der Waals surface area contributed by atoms with E-state index < -0.39 is 23.6 Å². The molecule has 0 saturated carbocycles. The number of hydrogen-bond acceptors (Lipinski definition) is 5. The summed E-state index contributed by atoms with van der Waals surface area (Å²) in [5.74, 6) is -1.65. The first-order valence-electron chi connectivity index (χ1n) is 8.19. The van der Waals surface area contributed by atoms with Crippen molar-refractivity contribution in [3.05, 3.63) is 69.0 Å². The highest BCUT2D eigenvalue weighted by molar-refractivity contribution is 6.44. The lowest BCUT2D eigenvalue weighted by Gasteiger charge is -2.34. The van der Waals surface area contributed by atoms with E-state index in [0.29, 0.717) is 12.1 Å². The fourth-order valence-electron chi connectivity index (χ4n) is 3.19. The van der Waals surface area contributed by atoms with E-state index in [0.717, 1.165) is 24.2 Å². The quantitative estimate of drug-likeness (QED) is 0.591. The van der Waals surface area contributed by atoms with Gasteiger partial charge in [0.15, 0.2) is 11.6 Å². The largest absolute Gasteiger partial charge is 0.322 e. The monoisotopic (exact) mass is 424 g/mol. The van der Waals surface area contributed by atoms with Gasteiger partial charge in [0.25, 0.3) is 5.91 Å². The van der Waals surface area contributed by atoms with Gasteiger partial charge in [-0.2, -0.15) is 0 Å². The third-order valence-corrected chi connectivity index (χ3v) is 5.40. The topological polar surface area (TPSA) is 76.8 Å². The number of aromatic nitrogens is 5. The summed E-state index contributed by atoms with van der Waals surface area (Å²) >= 11 is 12.0. The Bertz CT molecular complexity index is 1070. The number of rotatable bonds is 2. The van der Waals surface area contributed by atoms with Crippen LogP contribution in [0.2, 0.25) is 10.0 Å². The molecule has 28 heavy (non-hydrogen) atoms. The molecule has 0 N–H and O–H groups in total. The molecule has 1 aromatic carbocycles. The van der Waals surface area contributed by atoms with Gasteiger partial charge in [-0.05, 0) is 12.1 Å². The van der Waals surface area contributed by atoms with Gasteiger partial charge in [0, 0.05) is 20.0 Å². The standard InChI is InChI=1S/C17H12Cl2F2N6O/c1-26-11-4-5-27(17(28)9-2-3-10(21)13(19)12(9)18)15(14(11)24-25-26)16-22-6-8(20)7-23-16/h2-3,6-7,15H,4-5H2,1H3. The molecule has 11 heteroatoms. The number of carbonyl (C=O) groups excluding carboxylic acids is 1. The van der Waals surface area contributed by atoms with Crippen LogP contribution in [0.4, 0.5) is 8.78 Å². The number of hydrogen-bond donors (Lipinski definition) is 0. The van der Waals surface area contributed by atoms with E-state index in [-0.39, 0.29) is 28.0 Å². The summed E-state index contributed by atoms with van der Waals surface area (Å²) in [6, 6.07) is 1.54. The second-order valence-corrected chi connectivity index (χ2v) is 6.93. The molecule has 0 aliphatic carbocycles. The smallest absolute Gasteiger partial charge is 0.256 e. The lowest BCUT2D eigenvalue weighted by Crippen LogP contribution is -2.42. The zero-order chi connectivity index (χ0) is 20.0. The Balaban J connectivity index is 1.82. The predicted molar refractivity (Wildman–Crippen MR) is 96.0 cm³/mol. The highest BCUT2D eigenvalue weighted by Crippen LogP contribution is 2.35. The van der Waals surface area contributed by atoms with Crippen LogP contribution in [-0.2, 0) is 13.5 Å².